The largest absolute Gasteiger partial charge is 0.398 e. The van der Waals surface area contributed by atoms with Gasteiger partial charge < -0.3 is 11.1 Å². The van der Waals surface area contributed by atoms with E-state index in [-0.39, 0.29) is 5.25 Å². The molecule has 1 fully saturated rings. The third-order valence-electron chi connectivity index (χ3n) is 3.96. The maximum Gasteiger partial charge on any atom is 0.239 e. The van der Waals surface area contributed by atoms with Crippen LogP contribution in [0.15, 0.2) is 18.2 Å². The van der Waals surface area contributed by atoms with Gasteiger partial charge in [0, 0.05) is 11.4 Å². The summed E-state index contributed by atoms with van der Waals surface area (Å²) in [6.07, 6.45) is 4.29. The van der Waals surface area contributed by atoms with Crippen LogP contribution >= 0.6 is 0 Å². The second-order valence-electron chi connectivity index (χ2n) is 5.69. The lowest BCUT2D eigenvalue weighted by Gasteiger charge is -2.21. The summed E-state index contributed by atoms with van der Waals surface area (Å²) < 4.78 is 24.4. The van der Waals surface area contributed by atoms with E-state index < -0.39 is 21.5 Å². The van der Waals surface area contributed by atoms with Crippen LogP contribution in [-0.2, 0) is 14.6 Å². The van der Waals surface area contributed by atoms with Crippen LogP contribution in [-0.4, -0.2) is 25.3 Å². The molecule has 0 saturated heterocycles. The number of carbonyl (C=O) groups excluding carboxylic acids is 1. The van der Waals surface area contributed by atoms with Crippen LogP contribution in [0, 0.1) is 6.92 Å². The SMILES string of the molecule is Cc1ccc(NC(=O)CS(=O)(=O)C2CCCCC2)cc1N. The Morgan fingerprint density at radius 3 is 2.57 bits per heavy atom. The molecule has 6 heteroatoms. The Hall–Kier alpha value is -1.56. The summed E-state index contributed by atoms with van der Waals surface area (Å²) >= 11 is 0. The minimum absolute atomic E-state index is 0.361. The first-order valence-electron chi connectivity index (χ1n) is 7.26. The third kappa shape index (κ3) is 4.20. The zero-order valence-electron chi connectivity index (χ0n) is 12.3. The van der Waals surface area contributed by atoms with Gasteiger partial charge in [-0.15, -0.1) is 0 Å². The van der Waals surface area contributed by atoms with Gasteiger partial charge in [0.15, 0.2) is 9.84 Å². The molecule has 0 unspecified atom stereocenters. The number of hydrogen-bond acceptors (Lipinski definition) is 4. The normalized spacial score (nSPS) is 16.6. The number of benzene rings is 1. The maximum atomic E-state index is 12.2. The van der Waals surface area contributed by atoms with Gasteiger partial charge in [0.1, 0.15) is 5.75 Å². The molecule has 0 aliphatic heterocycles. The van der Waals surface area contributed by atoms with E-state index in [1.165, 1.54) is 0 Å². The molecule has 0 atom stereocenters. The molecule has 0 bridgehead atoms. The van der Waals surface area contributed by atoms with Crippen LogP contribution < -0.4 is 11.1 Å². The Balaban J connectivity index is 1.98. The highest BCUT2D eigenvalue weighted by atomic mass is 32.2. The topological polar surface area (TPSA) is 89.3 Å². The number of hydrogen-bond donors (Lipinski definition) is 2. The van der Waals surface area contributed by atoms with Crippen LogP contribution in [0.5, 0.6) is 0 Å². The number of nitrogen functional groups attached to an aromatic ring is 1. The van der Waals surface area contributed by atoms with E-state index in [9.17, 15) is 13.2 Å². The quantitative estimate of drug-likeness (QED) is 0.835. The molecule has 0 aromatic heterocycles. The first-order chi connectivity index (χ1) is 9.88. The maximum absolute atomic E-state index is 12.2. The lowest BCUT2D eigenvalue weighted by Crippen LogP contribution is -2.32. The summed E-state index contributed by atoms with van der Waals surface area (Å²) in [4.78, 5) is 11.9. The van der Waals surface area contributed by atoms with Crippen molar-refractivity contribution in [1.82, 2.24) is 0 Å². The predicted molar refractivity (Wildman–Crippen MR) is 84.9 cm³/mol. The van der Waals surface area contributed by atoms with Gasteiger partial charge in [-0.05, 0) is 37.5 Å². The first-order valence-corrected chi connectivity index (χ1v) is 8.97. The van der Waals surface area contributed by atoms with Crippen molar-refractivity contribution in [3.8, 4) is 0 Å². The second kappa shape index (κ2) is 6.47. The average molecular weight is 310 g/mol. The van der Waals surface area contributed by atoms with Gasteiger partial charge in [0.2, 0.25) is 5.91 Å². The molecule has 3 N–H and O–H groups in total. The summed E-state index contributed by atoms with van der Waals surface area (Å²) in [6, 6.07) is 5.15. The second-order valence-corrected chi connectivity index (χ2v) is 7.97. The monoisotopic (exact) mass is 310 g/mol. The molecule has 2 rings (SSSR count). The number of nitrogens with one attached hydrogen (secondary N) is 1. The summed E-state index contributed by atoms with van der Waals surface area (Å²) in [5.41, 5.74) is 7.79. The zero-order valence-corrected chi connectivity index (χ0v) is 13.1. The molecular formula is C15H22N2O3S. The van der Waals surface area contributed by atoms with Gasteiger partial charge in [-0.25, -0.2) is 8.42 Å². The molecule has 0 spiro atoms. The average Bonchev–Trinajstić information content (AvgIpc) is 2.43. The van der Waals surface area contributed by atoms with Crippen molar-refractivity contribution in [1.29, 1.82) is 0 Å². The Kier molecular flexibility index (Phi) is 4.88. The number of amides is 1. The van der Waals surface area contributed by atoms with Gasteiger partial charge in [-0.1, -0.05) is 25.3 Å². The molecule has 0 heterocycles. The smallest absolute Gasteiger partial charge is 0.239 e. The molecule has 0 radical (unpaired) electrons. The lowest BCUT2D eigenvalue weighted by atomic mass is 10.0. The molecule has 5 nitrogen and oxygen atoms in total. The Labute approximate surface area is 125 Å². The van der Waals surface area contributed by atoms with E-state index in [1.54, 1.807) is 18.2 Å². The van der Waals surface area contributed by atoms with Crippen molar-refractivity contribution < 1.29 is 13.2 Å². The van der Waals surface area contributed by atoms with Crippen LogP contribution in [0.4, 0.5) is 11.4 Å². The Bertz CT molecular complexity index is 620. The van der Waals surface area contributed by atoms with Gasteiger partial charge in [-0.3, -0.25) is 4.79 Å². The van der Waals surface area contributed by atoms with Crippen molar-refractivity contribution in [2.75, 3.05) is 16.8 Å². The molecule has 116 valence electrons. The molecule has 1 saturated carbocycles. The molecule has 21 heavy (non-hydrogen) atoms. The van der Waals surface area contributed by atoms with Crippen LogP contribution in [0.3, 0.4) is 0 Å². The minimum Gasteiger partial charge on any atom is -0.398 e. The van der Waals surface area contributed by atoms with Crippen molar-refractivity contribution in [3.63, 3.8) is 0 Å². The standard InChI is InChI=1S/C15H22N2O3S/c1-11-7-8-12(9-14(11)16)17-15(18)10-21(19,20)13-5-3-2-4-6-13/h7-9,13H,2-6,10,16H2,1H3,(H,17,18). The molecule has 1 aromatic carbocycles. The fourth-order valence-corrected chi connectivity index (χ4v) is 4.37. The zero-order chi connectivity index (χ0) is 15.5. The van der Waals surface area contributed by atoms with E-state index in [4.69, 9.17) is 5.73 Å². The summed E-state index contributed by atoms with van der Waals surface area (Å²) in [5, 5.41) is 2.25. The van der Waals surface area contributed by atoms with E-state index in [0.717, 1.165) is 24.8 Å². The number of carbonyl (C=O) groups is 1. The first kappa shape index (κ1) is 15.8. The van der Waals surface area contributed by atoms with Crippen LogP contribution in [0.1, 0.15) is 37.7 Å². The molecule has 1 amide bonds. The summed E-state index contributed by atoms with van der Waals surface area (Å²) in [5.74, 6) is -0.949. The van der Waals surface area contributed by atoms with Crippen molar-refractivity contribution in [3.05, 3.63) is 23.8 Å². The highest BCUT2D eigenvalue weighted by Gasteiger charge is 2.29. The Morgan fingerprint density at radius 2 is 1.95 bits per heavy atom. The number of anilines is 2. The number of rotatable bonds is 4. The molecular weight excluding hydrogens is 288 g/mol. The fourth-order valence-electron chi connectivity index (χ4n) is 2.64. The predicted octanol–water partition coefficient (Wildman–Crippen LogP) is 2.26. The molecule has 1 aliphatic carbocycles. The van der Waals surface area contributed by atoms with Crippen molar-refractivity contribution in [2.45, 2.75) is 44.3 Å². The van der Waals surface area contributed by atoms with Crippen LogP contribution in [0.2, 0.25) is 0 Å². The molecule has 1 aliphatic rings. The van der Waals surface area contributed by atoms with Gasteiger partial charge in [0.05, 0.1) is 5.25 Å². The highest BCUT2D eigenvalue weighted by Crippen LogP contribution is 2.24. The van der Waals surface area contributed by atoms with E-state index in [2.05, 4.69) is 5.32 Å². The molecule has 1 aromatic rings. The van der Waals surface area contributed by atoms with E-state index >= 15 is 0 Å². The summed E-state index contributed by atoms with van der Waals surface area (Å²) in [7, 11) is -3.36. The van der Waals surface area contributed by atoms with Crippen molar-refractivity contribution >= 4 is 27.1 Å². The van der Waals surface area contributed by atoms with E-state index in [0.29, 0.717) is 24.2 Å². The number of aryl methyl sites for hydroxylation is 1. The van der Waals surface area contributed by atoms with Crippen molar-refractivity contribution in [2.24, 2.45) is 0 Å². The number of nitrogens with two attached hydrogens (primary N) is 1. The van der Waals surface area contributed by atoms with Gasteiger partial charge in [-0.2, -0.15) is 0 Å². The summed E-state index contributed by atoms with van der Waals surface area (Å²) in [6.45, 7) is 1.87. The number of sulfone groups is 1. The third-order valence-corrected chi connectivity index (χ3v) is 6.11. The van der Waals surface area contributed by atoms with Gasteiger partial charge in [0.25, 0.3) is 0 Å². The fraction of sp³-hybridized carbons (Fsp3) is 0.533. The van der Waals surface area contributed by atoms with E-state index in [1.807, 2.05) is 6.92 Å². The minimum atomic E-state index is -3.36. The lowest BCUT2D eigenvalue weighted by molar-refractivity contribution is -0.113. The van der Waals surface area contributed by atoms with Crippen LogP contribution in [0.25, 0.3) is 0 Å². The highest BCUT2D eigenvalue weighted by molar-refractivity contribution is 7.92. The Morgan fingerprint density at radius 1 is 1.29 bits per heavy atom. The van der Waals surface area contributed by atoms with Gasteiger partial charge >= 0.3 is 0 Å².